The van der Waals surface area contributed by atoms with E-state index in [2.05, 4.69) is 11.1 Å². The third kappa shape index (κ3) is 6.81. The lowest BCUT2D eigenvalue weighted by molar-refractivity contribution is 0.0712. The summed E-state index contributed by atoms with van der Waals surface area (Å²) < 4.78 is 0. The van der Waals surface area contributed by atoms with Crippen molar-refractivity contribution < 1.29 is 9.90 Å². The Labute approximate surface area is 207 Å². The molecule has 3 aromatic rings. The van der Waals surface area contributed by atoms with Gasteiger partial charge in [0.1, 0.15) is 5.75 Å². The number of amides is 1. The van der Waals surface area contributed by atoms with E-state index in [1.807, 2.05) is 59.5 Å². The molecule has 0 saturated carbocycles. The minimum atomic E-state index is 0. The van der Waals surface area contributed by atoms with Crippen LogP contribution in [0.1, 0.15) is 51.4 Å². The smallest absolute Gasteiger partial charge is 0.255 e. The Balaban J connectivity index is 0.00000193. The third-order valence-corrected chi connectivity index (χ3v) is 5.76. The first kappa shape index (κ1) is 26.4. The molecule has 0 spiro atoms. The number of benzene rings is 2. The van der Waals surface area contributed by atoms with Gasteiger partial charge in [0.05, 0.1) is 5.56 Å². The van der Waals surface area contributed by atoms with Crippen LogP contribution in [0.2, 0.25) is 0 Å². The number of halogens is 2. The zero-order valence-electron chi connectivity index (χ0n) is 18.3. The molecule has 1 aliphatic rings. The number of hydrogen-bond acceptors (Lipinski definition) is 4. The van der Waals surface area contributed by atoms with E-state index in [9.17, 15) is 9.90 Å². The number of pyridine rings is 1. The molecule has 1 aliphatic heterocycles. The minimum Gasteiger partial charge on any atom is -0.508 e. The molecule has 2 aromatic carbocycles. The molecular formula is C26H29Cl2N3O2. The highest BCUT2D eigenvalue weighted by atomic mass is 35.5. The Kier molecular flexibility index (Phi) is 9.92. The van der Waals surface area contributed by atoms with Crippen LogP contribution in [0.25, 0.3) is 12.2 Å². The van der Waals surface area contributed by atoms with Crippen molar-refractivity contribution in [2.45, 2.75) is 25.3 Å². The third-order valence-electron chi connectivity index (χ3n) is 5.76. The molecule has 5 nitrogen and oxygen atoms in total. The SMILES string of the molecule is Cl.Cl.NCc1cc(O)cc(C2CCN(C(=O)c3cncc(C=Cc4ccccc4)c3)CC2)c1. The van der Waals surface area contributed by atoms with Gasteiger partial charge in [0, 0.05) is 32.0 Å². The molecule has 1 amide bonds. The number of aromatic hydroxyl groups is 1. The largest absolute Gasteiger partial charge is 0.508 e. The summed E-state index contributed by atoms with van der Waals surface area (Å²) in [6.45, 7) is 1.77. The van der Waals surface area contributed by atoms with Gasteiger partial charge in [-0.3, -0.25) is 9.78 Å². The fourth-order valence-electron chi connectivity index (χ4n) is 4.07. The number of phenols is 1. The fraction of sp³-hybridized carbons (Fsp3) is 0.231. The molecular weight excluding hydrogens is 457 g/mol. The van der Waals surface area contributed by atoms with Crippen molar-refractivity contribution in [3.8, 4) is 5.75 Å². The maximum absolute atomic E-state index is 13.0. The summed E-state index contributed by atoms with van der Waals surface area (Å²) in [5.41, 5.74) is 10.4. The normalized spacial score (nSPS) is 13.9. The van der Waals surface area contributed by atoms with Gasteiger partial charge in [-0.1, -0.05) is 48.6 Å². The number of likely N-dealkylation sites (tertiary alicyclic amines) is 1. The van der Waals surface area contributed by atoms with E-state index in [0.29, 0.717) is 31.1 Å². The van der Waals surface area contributed by atoms with Gasteiger partial charge < -0.3 is 15.7 Å². The van der Waals surface area contributed by atoms with Crippen LogP contribution in [0.3, 0.4) is 0 Å². The van der Waals surface area contributed by atoms with Crippen LogP contribution in [0.5, 0.6) is 5.75 Å². The summed E-state index contributed by atoms with van der Waals surface area (Å²) in [5.74, 6) is 0.585. The molecule has 4 rings (SSSR count). The van der Waals surface area contributed by atoms with E-state index >= 15 is 0 Å². The van der Waals surface area contributed by atoms with Crippen LogP contribution in [0.4, 0.5) is 0 Å². The van der Waals surface area contributed by atoms with Crippen LogP contribution in [0, 0.1) is 0 Å². The van der Waals surface area contributed by atoms with Crippen molar-refractivity contribution in [3.05, 3.63) is 94.8 Å². The number of aromatic nitrogens is 1. The monoisotopic (exact) mass is 485 g/mol. The summed E-state index contributed by atoms with van der Waals surface area (Å²) >= 11 is 0. The van der Waals surface area contributed by atoms with Crippen LogP contribution >= 0.6 is 24.8 Å². The molecule has 1 fully saturated rings. The van der Waals surface area contributed by atoms with E-state index in [1.54, 1.807) is 18.5 Å². The van der Waals surface area contributed by atoms with Crippen molar-refractivity contribution in [1.29, 1.82) is 0 Å². The van der Waals surface area contributed by atoms with E-state index in [4.69, 9.17) is 5.73 Å². The van der Waals surface area contributed by atoms with Gasteiger partial charge in [0.25, 0.3) is 5.91 Å². The molecule has 7 heteroatoms. The molecule has 0 atom stereocenters. The van der Waals surface area contributed by atoms with Crippen molar-refractivity contribution in [1.82, 2.24) is 9.88 Å². The quantitative estimate of drug-likeness (QED) is 0.515. The predicted molar refractivity (Wildman–Crippen MR) is 138 cm³/mol. The van der Waals surface area contributed by atoms with Crippen molar-refractivity contribution >= 4 is 42.9 Å². The zero-order valence-corrected chi connectivity index (χ0v) is 19.9. The number of carbonyl (C=O) groups excluding carboxylic acids is 1. The average molecular weight is 486 g/mol. The highest BCUT2D eigenvalue weighted by Crippen LogP contribution is 2.31. The summed E-state index contributed by atoms with van der Waals surface area (Å²) in [7, 11) is 0. The number of rotatable bonds is 5. The predicted octanol–water partition coefficient (Wildman–Crippen LogP) is 5.28. The molecule has 1 aromatic heterocycles. The lowest BCUT2D eigenvalue weighted by Gasteiger charge is -2.32. The lowest BCUT2D eigenvalue weighted by atomic mass is 9.88. The highest BCUT2D eigenvalue weighted by Gasteiger charge is 2.25. The molecule has 3 N–H and O–H groups in total. The Bertz CT molecular complexity index is 1080. The van der Waals surface area contributed by atoms with Gasteiger partial charge in [-0.25, -0.2) is 0 Å². The summed E-state index contributed by atoms with van der Waals surface area (Å²) in [5, 5.41) is 9.95. The molecule has 0 aliphatic carbocycles. The van der Waals surface area contributed by atoms with Gasteiger partial charge >= 0.3 is 0 Å². The van der Waals surface area contributed by atoms with E-state index < -0.39 is 0 Å². The fourth-order valence-corrected chi connectivity index (χ4v) is 4.07. The second-order valence-electron chi connectivity index (χ2n) is 7.95. The van der Waals surface area contributed by atoms with Gasteiger partial charge in [-0.05, 0) is 59.2 Å². The van der Waals surface area contributed by atoms with Crippen molar-refractivity contribution in [3.63, 3.8) is 0 Å². The lowest BCUT2D eigenvalue weighted by Crippen LogP contribution is -2.38. The number of phenolic OH excluding ortho intramolecular Hbond substituents is 1. The number of nitrogens with zero attached hydrogens (tertiary/aromatic N) is 2. The first-order valence-corrected chi connectivity index (χ1v) is 10.6. The van der Waals surface area contributed by atoms with E-state index in [1.165, 1.54) is 0 Å². The highest BCUT2D eigenvalue weighted by molar-refractivity contribution is 5.94. The van der Waals surface area contributed by atoms with Crippen LogP contribution in [0.15, 0.2) is 67.0 Å². The minimum absolute atomic E-state index is 0. The van der Waals surface area contributed by atoms with Crippen molar-refractivity contribution in [2.75, 3.05) is 13.1 Å². The summed E-state index contributed by atoms with van der Waals surface area (Å²) in [6, 6.07) is 17.5. The van der Waals surface area contributed by atoms with Crippen molar-refractivity contribution in [2.24, 2.45) is 5.73 Å². The molecule has 33 heavy (non-hydrogen) atoms. The topological polar surface area (TPSA) is 79.5 Å². The Morgan fingerprint density at radius 2 is 1.70 bits per heavy atom. The van der Waals surface area contributed by atoms with Gasteiger partial charge in [-0.2, -0.15) is 0 Å². The number of hydrogen-bond donors (Lipinski definition) is 2. The van der Waals surface area contributed by atoms with Crippen LogP contribution in [-0.2, 0) is 6.54 Å². The van der Waals surface area contributed by atoms with E-state index in [0.717, 1.165) is 35.1 Å². The Morgan fingerprint density at radius 1 is 1.00 bits per heavy atom. The second kappa shape index (κ2) is 12.4. The van der Waals surface area contributed by atoms with E-state index in [-0.39, 0.29) is 36.5 Å². The molecule has 0 radical (unpaired) electrons. The maximum Gasteiger partial charge on any atom is 0.255 e. The molecule has 2 heterocycles. The van der Waals surface area contributed by atoms with Gasteiger partial charge in [-0.15, -0.1) is 24.8 Å². The maximum atomic E-state index is 13.0. The number of nitrogens with two attached hydrogens (primary N) is 1. The molecule has 0 bridgehead atoms. The molecule has 1 saturated heterocycles. The van der Waals surface area contributed by atoms with Gasteiger partial charge in [0.2, 0.25) is 0 Å². The second-order valence-corrected chi connectivity index (χ2v) is 7.95. The zero-order chi connectivity index (χ0) is 21.6. The molecule has 0 unspecified atom stereocenters. The average Bonchev–Trinajstić information content (AvgIpc) is 2.83. The van der Waals surface area contributed by atoms with Crippen LogP contribution in [-0.4, -0.2) is 34.0 Å². The first-order chi connectivity index (χ1) is 15.1. The number of carbonyl (C=O) groups is 1. The van der Waals surface area contributed by atoms with Gasteiger partial charge in [0.15, 0.2) is 0 Å². The van der Waals surface area contributed by atoms with Crippen LogP contribution < -0.4 is 5.73 Å². The summed E-state index contributed by atoms with van der Waals surface area (Å²) in [6.07, 6.45) is 9.11. The first-order valence-electron chi connectivity index (χ1n) is 10.6. The summed E-state index contributed by atoms with van der Waals surface area (Å²) in [4.78, 5) is 19.2. The standard InChI is InChI=1S/C26H27N3O2.2ClH/c27-16-21-13-23(15-25(30)14-21)22-8-10-29(11-9-22)26(31)24-12-20(17-28-18-24)7-6-19-4-2-1-3-5-19;;/h1-7,12-15,17-18,22,30H,8-11,16,27H2;2*1H. The Hall–Kier alpha value is -2.86. The Morgan fingerprint density at radius 3 is 2.39 bits per heavy atom. The molecule has 174 valence electrons. The number of piperidine rings is 1.